The van der Waals surface area contributed by atoms with Crippen molar-refractivity contribution in [1.82, 2.24) is 15.0 Å². The maximum absolute atomic E-state index is 5.36. The Morgan fingerprint density at radius 3 is 2.20 bits per heavy atom. The number of aromatic nitrogens is 3. The quantitative estimate of drug-likeness (QED) is 0.597. The SMILES string of the molecule is CCCCOc1nc(NCl)nc(NCl)n1. The first-order valence-electron chi connectivity index (χ1n) is 4.42. The Kier molecular flexibility index (Phi) is 5.20. The molecule has 0 amide bonds. The molecule has 1 aromatic rings. The van der Waals surface area contributed by atoms with Crippen molar-refractivity contribution in [1.29, 1.82) is 0 Å². The maximum Gasteiger partial charge on any atom is 0.323 e. The number of halogens is 2. The third kappa shape index (κ3) is 3.93. The van der Waals surface area contributed by atoms with Gasteiger partial charge in [0.25, 0.3) is 0 Å². The largest absolute Gasteiger partial charge is 0.463 e. The average molecular weight is 252 g/mol. The van der Waals surface area contributed by atoms with Crippen molar-refractivity contribution in [3.8, 4) is 6.01 Å². The molecule has 2 N–H and O–H groups in total. The first-order valence-corrected chi connectivity index (χ1v) is 5.18. The molecule has 0 spiro atoms. The molecule has 0 aliphatic heterocycles. The van der Waals surface area contributed by atoms with Crippen LogP contribution in [-0.2, 0) is 0 Å². The Hall–Kier alpha value is -1.01. The Balaban J connectivity index is 2.68. The van der Waals surface area contributed by atoms with E-state index < -0.39 is 0 Å². The van der Waals surface area contributed by atoms with Crippen LogP contribution in [0.3, 0.4) is 0 Å². The van der Waals surface area contributed by atoms with Gasteiger partial charge in [-0.1, -0.05) is 13.3 Å². The van der Waals surface area contributed by atoms with Crippen LogP contribution >= 0.6 is 23.6 Å². The molecule has 0 atom stereocenters. The molecule has 8 heteroatoms. The van der Waals surface area contributed by atoms with Crippen LogP contribution in [0, 0.1) is 0 Å². The molecule has 0 unspecified atom stereocenters. The first kappa shape index (κ1) is 12.1. The van der Waals surface area contributed by atoms with Gasteiger partial charge in [-0.2, -0.15) is 15.0 Å². The second-order valence-electron chi connectivity index (χ2n) is 2.66. The van der Waals surface area contributed by atoms with E-state index in [9.17, 15) is 0 Å². The van der Waals surface area contributed by atoms with E-state index in [1.54, 1.807) is 0 Å². The van der Waals surface area contributed by atoms with E-state index in [1.807, 2.05) is 0 Å². The summed E-state index contributed by atoms with van der Waals surface area (Å²) >= 11 is 10.7. The molecule has 0 radical (unpaired) electrons. The number of nitrogens with one attached hydrogen (secondary N) is 2. The number of rotatable bonds is 6. The Morgan fingerprint density at radius 2 is 1.73 bits per heavy atom. The standard InChI is InChI=1S/C7H11Cl2N5O/c1-2-3-4-15-7-11-5(13-8)10-6(12-7)14-9/h2-4H2,1H3,(H2,10,11,12,13,14). The van der Waals surface area contributed by atoms with Crippen molar-refractivity contribution in [3.05, 3.63) is 0 Å². The van der Waals surface area contributed by atoms with E-state index in [4.69, 9.17) is 28.3 Å². The summed E-state index contributed by atoms with van der Waals surface area (Å²) in [5, 5.41) is 0. The van der Waals surface area contributed by atoms with Crippen LogP contribution in [0.4, 0.5) is 11.9 Å². The normalized spacial score (nSPS) is 9.80. The van der Waals surface area contributed by atoms with E-state index in [0.717, 1.165) is 12.8 Å². The van der Waals surface area contributed by atoms with Crippen LogP contribution < -0.4 is 14.4 Å². The molecule has 1 heterocycles. The van der Waals surface area contributed by atoms with Gasteiger partial charge in [0.15, 0.2) is 0 Å². The molecule has 1 aromatic heterocycles. The summed E-state index contributed by atoms with van der Waals surface area (Å²) in [6, 6.07) is 0.185. The van der Waals surface area contributed by atoms with Gasteiger partial charge in [0.05, 0.1) is 6.61 Å². The van der Waals surface area contributed by atoms with Crippen molar-refractivity contribution in [2.75, 3.05) is 16.3 Å². The minimum Gasteiger partial charge on any atom is -0.463 e. The molecule has 6 nitrogen and oxygen atoms in total. The number of unbranched alkanes of at least 4 members (excludes halogenated alkanes) is 1. The second kappa shape index (κ2) is 6.47. The molecule has 0 aromatic carbocycles. The van der Waals surface area contributed by atoms with E-state index in [-0.39, 0.29) is 17.9 Å². The highest BCUT2D eigenvalue weighted by molar-refractivity contribution is 6.24. The van der Waals surface area contributed by atoms with Crippen molar-refractivity contribution < 1.29 is 4.74 Å². The number of hydrogen-bond donors (Lipinski definition) is 2. The van der Waals surface area contributed by atoms with Gasteiger partial charge < -0.3 is 4.74 Å². The summed E-state index contributed by atoms with van der Waals surface area (Å²) in [5.74, 6) is 0.364. The van der Waals surface area contributed by atoms with Crippen LogP contribution in [-0.4, -0.2) is 21.6 Å². The molecule has 0 fully saturated rings. The summed E-state index contributed by atoms with van der Waals surface area (Å²) in [4.78, 5) is 16.1. The lowest BCUT2D eigenvalue weighted by atomic mass is 10.4. The summed E-state index contributed by atoms with van der Waals surface area (Å²) in [5.41, 5.74) is 0. The van der Waals surface area contributed by atoms with Crippen molar-refractivity contribution in [2.24, 2.45) is 0 Å². The van der Waals surface area contributed by atoms with Crippen LogP contribution in [0.15, 0.2) is 0 Å². The lowest BCUT2D eigenvalue weighted by molar-refractivity contribution is 0.285. The smallest absolute Gasteiger partial charge is 0.323 e. The van der Waals surface area contributed by atoms with Crippen molar-refractivity contribution in [3.63, 3.8) is 0 Å². The van der Waals surface area contributed by atoms with Gasteiger partial charge in [-0.25, -0.2) is 0 Å². The fourth-order valence-electron chi connectivity index (χ4n) is 0.813. The van der Waals surface area contributed by atoms with E-state index in [1.165, 1.54) is 0 Å². The second-order valence-corrected chi connectivity index (χ2v) is 3.03. The molecule has 0 aliphatic carbocycles. The Morgan fingerprint density at radius 1 is 1.13 bits per heavy atom. The monoisotopic (exact) mass is 251 g/mol. The third-order valence-corrected chi connectivity index (χ3v) is 1.85. The zero-order valence-corrected chi connectivity index (χ0v) is 9.64. The van der Waals surface area contributed by atoms with E-state index in [0.29, 0.717) is 6.61 Å². The van der Waals surface area contributed by atoms with Crippen LogP contribution in [0.25, 0.3) is 0 Å². The average Bonchev–Trinajstić information content (AvgIpc) is 2.29. The lowest BCUT2D eigenvalue weighted by Gasteiger charge is -2.05. The van der Waals surface area contributed by atoms with Crippen LogP contribution in [0.2, 0.25) is 0 Å². The van der Waals surface area contributed by atoms with Gasteiger partial charge in [0, 0.05) is 23.6 Å². The number of hydrogen-bond acceptors (Lipinski definition) is 6. The van der Waals surface area contributed by atoms with Crippen LogP contribution in [0.5, 0.6) is 6.01 Å². The zero-order valence-electron chi connectivity index (χ0n) is 8.13. The summed E-state index contributed by atoms with van der Waals surface area (Å²) in [6.45, 7) is 2.61. The molecule has 0 aliphatic rings. The van der Waals surface area contributed by atoms with Gasteiger partial charge in [-0.15, -0.1) is 0 Å². The predicted octanol–water partition coefficient (Wildman–Crippen LogP) is 2.18. The highest BCUT2D eigenvalue weighted by Crippen LogP contribution is 2.12. The molecule has 15 heavy (non-hydrogen) atoms. The molecule has 0 saturated heterocycles. The fraction of sp³-hybridized carbons (Fsp3) is 0.571. The molecule has 0 bridgehead atoms. The van der Waals surface area contributed by atoms with Gasteiger partial charge >= 0.3 is 6.01 Å². The van der Waals surface area contributed by atoms with E-state index in [2.05, 4.69) is 31.5 Å². The lowest BCUT2D eigenvalue weighted by Crippen LogP contribution is -2.05. The maximum atomic E-state index is 5.36. The van der Waals surface area contributed by atoms with Crippen molar-refractivity contribution >= 4 is 35.5 Å². The van der Waals surface area contributed by atoms with Gasteiger partial charge in [0.1, 0.15) is 0 Å². The minimum atomic E-state index is 0.182. The minimum absolute atomic E-state index is 0.182. The van der Waals surface area contributed by atoms with Crippen LogP contribution in [0.1, 0.15) is 19.8 Å². The summed E-state index contributed by atoms with van der Waals surface area (Å²) in [7, 11) is 0. The predicted molar refractivity (Wildman–Crippen MR) is 59.2 cm³/mol. The van der Waals surface area contributed by atoms with Gasteiger partial charge in [0.2, 0.25) is 11.9 Å². The van der Waals surface area contributed by atoms with Crippen molar-refractivity contribution in [2.45, 2.75) is 19.8 Å². The molecule has 1 rings (SSSR count). The number of nitrogens with zero attached hydrogens (tertiary/aromatic N) is 3. The number of ether oxygens (including phenoxy) is 1. The molecule has 0 saturated carbocycles. The molecular weight excluding hydrogens is 241 g/mol. The molecular formula is C7H11Cl2N5O. The fourth-order valence-corrected chi connectivity index (χ4v) is 0.982. The van der Waals surface area contributed by atoms with E-state index >= 15 is 0 Å². The highest BCUT2D eigenvalue weighted by Gasteiger charge is 2.05. The highest BCUT2D eigenvalue weighted by atomic mass is 35.5. The van der Waals surface area contributed by atoms with Gasteiger partial charge in [-0.05, 0) is 6.42 Å². The Bertz CT molecular complexity index is 289. The van der Waals surface area contributed by atoms with Gasteiger partial charge in [-0.3, -0.25) is 9.67 Å². The number of anilines is 2. The summed E-state index contributed by atoms with van der Waals surface area (Å²) in [6.07, 6.45) is 1.96. The summed E-state index contributed by atoms with van der Waals surface area (Å²) < 4.78 is 5.27. The third-order valence-electron chi connectivity index (χ3n) is 1.51. The first-order chi connectivity index (χ1) is 7.30. The molecule has 84 valence electrons. The topological polar surface area (TPSA) is 72.0 Å². The Labute approximate surface area is 97.6 Å². The zero-order chi connectivity index (χ0) is 11.1.